The molecule has 3 rings (SSSR count). The molecule has 5 heteroatoms. The molecule has 1 saturated carbocycles. The van der Waals surface area contributed by atoms with Gasteiger partial charge in [-0.2, -0.15) is 0 Å². The molecule has 1 aliphatic rings. The second-order valence-electron chi connectivity index (χ2n) is 4.64. The number of benzene rings is 1. The molecule has 0 bridgehead atoms. The monoisotopic (exact) mass is 338 g/mol. The van der Waals surface area contributed by atoms with Crippen molar-refractivity contribution in [2.45, 2.75) is 25.4 Å². The van der Waals surface area contributed by atoms with Crippen molar-refractivity contribution in [2.24, 2.45) is 0 Å². The fourth-order valence-corrected chi connectivity index (χ4v) is 3.10. The average Bonchev–Trinajstić information content (AvgIpc) is 3.13. The summed E-state index contributed by atoms with van der Waals surface area (Å²) < 4.78 is 6.44. The van der Waals surface area contributed by atoms with Gasteiger partial charge >= 0.3 is 0 Å². The fourth-order valence-electron chi connectivity index (χ4n) is 1.90. The standard InChI is InChI=1S/C14H15BrN2OS/c1-18-13-5-2-9(15)6-12(13)14-17-11(8-19-14)7-16-10-3-4-10/h2,5-6,8,10,16H,3-4,7H2,1H3. The molecule has 0 saturated heterocycles. The molecule has 0 aliphatic heterocycles. The van der Waals surface area contributed by atoms with E-state index in [2.05, 4.69) is 37.7 Å². The summed E-state index contributed by atoms with van der Waals surface area (Å²) in [6, 6.07) is 6.70. The van der Waals surface area contributed by atoms with E-state index in [0.717, 1.165) is 33.0 Å². The predicted octanol–water partition coefficient (Wildman–Crippen LogP) is 3.83. The molecule has 1 fully saturated rings. The van der Waals surface area contributed by atoms with E-state index >= 15 is 0 Å². The Bertz CT molecular complexity index is 581. The lowest BCUT2D eigenvalue weighted by Gasteiger charge is -2.06. The van der Waals surface area contributed by atoms with Gasteiger partial charge in [0.15, 0.2) is 0 Å². The van der Waals surface area contributed by atoms with E-state index in [0.29, 0.717) is 6.04 Å². The van der Waals surface area contributed by atoms with Crippen LogP contribution in [0.4, 0.5) is 0 Å². The highest BCUT2D eigenvalue weighted by Crippen LogP contribution is 2.34. The highest BCUT2D eigenvalue weighted by atomic mass is 79.9. The van der Waals surface area contributed by atoms with Gasteiger partial charge in [0.05, 0.1) is 18.4 Å². The number of halogens is 1. The summed E-state index contributed by atoms with van der Waals surface area (Å²) in [6.07, 6.45) is 2.60. The van der Waals surface area contributed by atoms with Crippen LogP contribution in [0.5, 0.6) is 5.75 Å². The van der Waals surface area contributed by atoms with E-state index in [1.165, 1.54) is 12.8 Å². The predicted molar refractivity (Wildman–Crippen MR) is 81.7 cm³/mol. The van der Waals surface area contributed by atoms with Gasteiger partial charge in [-0.05, 0) is 31.0 Å². The molecular weight excluding hydrogens is 324 g/mol. The molecule has 0 spiro atoms. The molecule has 0 atom stereocenters. The first kappa shape index (κ1) is 13.1. The zero-order valence-corrected chi connectivity index (χ0v) is 13.1. The van der Waals surface area contributed by atoms with Gasteiger partial charge in [-0.15, -0.1) is 11.3 Å². The Morgan fingerprint density at radius 2 is 2.32 bits per heavy atom. The van der Waals surface area contributed by atoms with Gasteiger partial charge in [-0.1, -0.05) is 15.9 Å². The van der Waals surface area contributed by atoms with Crippen LogP contribution >= 0.6 is 27.3 Å². The van der Waals surface area contributed by atoms with Crippen LogP contribution in [0.2, 0.25) is 0 Å². The van der Waals surface area contributed by atoms with Crippen molar-refractivity contribution in [1.82, 2.24) is 10.3 Å². The van der Waals surface area contributed by atoms with Crippen LogP contribution in [-0.4, -0.2) is 18.1 Å². The summed E-state index contributed by atoms with van der Waals surface area (Å²) in [5, 5.41) is 6.60. The van der Waals surface area contributed by atoms with Crippen LogP contribution in [0, 0.1) is 0 Å². The Balaban J connectivity index is 1.82. The van der Waals surface area contributed by atoms with Gasteiger partial charge in [-0.3, -0.25) is 0 Å². The smallest absolute Gasteiger partial charge is 0.129 e. The summed E-state index contributed by atoms with van der Waals surface area (Å²) in [7, 11) is 1.69. The van der Waals surface area contributed by atoms with Crippen molar-refractivity contribution in [2.75, 3.05) is 7.11 Å². The lowest BCUT2D eigenvalue weighted by Crippen LogP contribution is -2.15. The molecule has 1 aliphatic carbocycles. The number of ether oxygens (including phenoxy) is 1. The number of nitrogens with one attached hydrogen (secondary N) is 1. The van der Waals surface area contributed by atoms with Crippen molar-refractivity contribution in [3.05, 3.63) is 33.7 Å². The molecule has 0 unspecified atom stereocenters. The number of rotatable bonds is 5. The van der Waals surface area contributed by atoms with Crippen LogP contribution in [0.1, 0.15) is 18.5 Å². The molecule has 3 nitrogen and oxygen atoms in total. The maximum atomic E-state index is 5.40. The first-order chi connectivity index (χ1) is 9.26. The van der Waals surface area contributed by atoms with Crippen molar-refractivity contribution >= 4 is 27.3 Å². The van der Waals surface area contributed by atoms with Crippen molar-refractivity contribution in [3.63, 3.8) is 0 Å². The number of thiazole rings is 1. The number of hydrogen-bond acceptors (Lipinski definition) is 4. The summed E-state index contributed by atoms with van der Waals surface area (Å²) in [6.45, 7) is 0.859. The lowest BCUT2D eigenvalue weighted by atomic mass is 10.2. The summed E-state index contributed by atoms with van der Waals surface area (Å²) in [5.41, 5.74) is 2.15. The van der Waals surface area contributed by atoms with E-state index in [4.69, 9.17) is 4.74 Å². The van der Waals surface area contributed by atoms with E-state index in [9.17, 15) is 0 Å². The molecule has 1 N–H and O–H groups in total. The maximum Gasteiger partial charge on any atom is 0.129 e. The minimum atomic E-state index is 0.713. The third kappa shape index (κ3) is 3.16. The SMILES string of the molecule is COc1ccc(Br)cc1-c1nc(CNC2CC2)cs1. The molecule has 100 valence electrons. The van der Waals surface area contributed by atoms with Crippen molar-refractivity contribution < 1.29 is 4.74 Å². The third-order valence-electron chi connectivity index (χ3n) is 3.09. The van der Waals surface area contributed by atoms with Gasteiger partial charge in [0.2, 0.25) is 0 Å². The molecule has 0 radical (unpaired) electrons. The highest BCUT2D eigenvalue weighted by Gasteiger charge is 2.20. The molecule has 1 heterocycles. The molecule has 1 aromatic carbocycles. The number of methoxy groups -OCH3 is 1. The topological polar surface area (TPSA) is 34.1 Å². The lowest BCUT2D eigenvalue weighted by molar-refractivity contribution is 0.416. The summed E-state index contributed by atoms with van der Waals surface area (Å²) in [5.74, 6) is 0.860. The minimum absolute atomic E-state index is 0.713. The number of hydrogen-bond donors (Lipinski definition) is 1. The second kappa shape index (κ2) is 5.61. The summed E-state index contributed by atoms with van der Waals surface area (Å²) >= 11 is 5.16. The Labute approximate surface area is 125 Å². The van der Waals surface area contributed by atoms with Crippen molar-refractivity contribution in [3.8, 4) is 16.3 Å². The molecule has 1 aromatic heterocycles. The zero-order valence-electron chi connectivity index (χ0n) is 10.6. The number of aromatic nitrogens is 1. The largest absolute Gasteiger partial charge is 0.496 e. The van der Waals surface area contributed by atoms with Gasteiger partial charge in [-0.25, -0.2) is 4.98 Å². The van der Waals surface area contributed by atoms with Crippen LogP contribution in [-0.2, 0) is 6.54 Å². The maximum absolute atomic E-state index is 5.40. The first-order valence-electron chi connectivity index (χ1n) is 6.28. The average molecular weight is 339 g/mol. The van der Waals surface area contributed by atoms with Crippen LogP contribution in [0.15, 0.2) is 28.1 Å². The van der Waals surface area contributed by atoms with Crippen LogP contribution in [0.25, 0.3) is 10.6 Å². The van der Waals surface area contributed by atoms with E-state index in [1.807, 2.05) is 12.1 Å². The zero-order chi connectivity index (χ0) is 13.2. The molecular formula is C14H15BrN2OS. The Hall–Kier alpha value is -0.910. The quantitative estimate of drug-likeness (QED) is 0.899. The van der Waals surface area contributed by atoms with Gasteiger partial charge in [0.1, 0.15) is 10.8 Å². The van der Waals surface area contributed by atoms with Gasteiger partial charge in [0, 0.05) is 22.4 Å². The minimum Gasteiger partial charge on any atom is -0.496 e. The molecule has 19 heavy (non-hydrogen) atoms. The van der Waals surface area contributed by atoms with Crippen LogP contribution in [0.3, 0.4) is 0 Å². The van der Waals surface area contributed by atoms with Crippen LogP contribution < -0.4 is 10.1 Å². The van der Waals surface area contributed by atoms with Crippen molar-refractivity contribution in [1.29, 1.82) is 0 Å². The van der Waals surface area contributed by atoms with Gasteiger partial charge < -0.3 is 10.1 Å². The van der Waals surface area contributed by atoms with E-state index < -0.39 is 0 Å². The fraction of sp³-hybridized carbons (Fsp3) is 0.357. The Morgan fingerprint density at radius 1 is 1.47 bits per heavy atom. The van der Waals surface area contributed by atoms with E-state index in [1.54, 1.807) is 18.4 Å². The van der Waals surface area contributed by atoms with Gasteiger partial charge in [0.25, 0.3) is 0 Å². The third-order valence-corrected chi connectivity index (χ3v) is 4.51. The Kier molecular flexibility index (Phi) is 3.86. The highest BCUT2D eigenvalue weighted by molar-refractivity contribution is 9.10. The van der Waals surface area contributed by atoms with E-state index in [-0.39, 0.29) is 0 Å². The Morgan fingerprint density at radius 3 is 3.05 bits per heavy atom. The summed E-state index contributed by atoms with van der Waals surface area (Å²) in [4.78, 5) is 4.69. The molecule has 0 amide bonds. The first-order valence-corrected chi connectivity index (χ1v) is 7.95. The molecule has 2 aromatic rings. The normalized spacial score (nSPS) is 14.6. The number of nitrogens with zero attached hydrogens (tertiary/aromatic N) is 1. The second-order valence-corrected chi connectivity index (χ2v) is 6.42.